The quantitative estimate of drug-likeness (QED) is 0.0348. The van der Waals surface area contributed by atoms with E-state index >= 15 is 0 Å². The minimum atomic E-state index is -0.760. The van der Waals surface area contributed by atoms with Gasteiger partial charge in [-0.25, -0.2) is 0 Å². The predicted octanol–water partition coefficient (Wildman–Crippen LogP) is 15.4. The number of esters is 3. The summed E-state index contributed by atoms with van der Waals surface area (Å²) in [4.78, 5) is 37.8. The van der Waals surface area contributed by atoms with Gasteiger partial charge in [0.15, 0.2) is 6.10 Å². The summed E-state index contributed by atoms with van der Waals surface area (Å²) < 4.78 is 16.7. The number of unbranched alkanes of at least 4 members (excludes halogenated alkanes) is 28. The van der Waals surface area contributed by atoms with Gasteiger partial charge in [-0.1, -0.05) is 227 Å². The maximum absolute atomic E-state index is 12.7. The van der Waals surface area contributed by atoms with Gasteiger partial charge < -0.3 is 14.2 Å². The molecule has 0 aromatic heterocycles. The van der Waals surface area contributed by atoms with Crippen LogP contribution in [0, 0.1) is 11.8 Å². The van der Waals surface area contributed by atoms with Crippen LogP contribution in [0.25, 0.3) is 0 Å². The van der Waals surface area contributed by atoms with Crippen LogP contribution in [0.3, 0.4) is 0 Å². The van der Waals surface area contributed by atoms with Crippen molar-refractivity contribution in [3.05, 3.63) is 0 Å². The van der Waals surface area contributed by atoms with Gasteiger partial charge in [-0.3, -0.25) is 14.4 Å². The third-order valence-corrected chi connectivity index (χ3v) is 11.0. The molecule has 6 heteroatoms. The Balaban J connectivity index is 4.28. The Morgan fingerprint density at radius 3 is 0.891 bits per heavy atom. The molecule has 0 unspecified atom stereocenters. The van der Waals surface area contributed by atoms with E-state index in [1.165, 1.54) is 154 Å². The van der Waals surface area contributed by atoms with Gasteiger partial charge in [-0.15, -0.1) is 0 Å². The summed E-state index contributed by atoms with van der Waals surface area (Å²) in [5.74, 6) is 0.765. The van der Waals surface area contributed by atoms with E-state index in [9.17, 15) is 14.4 Å². The summed E-state index contributed by atoms with van der Waals surface area (Å²) >= 11 is 0. The Morgan fingerprint density at radius 1 is 0.345 bits per heavy atom. The smallest absolute Gasteiger partial charge is 0.306 e. The first-order valence-corrected chi connectivity index (χ1v) is 24.2. The van der Waals surface area contributed by atoms with E-state index in [1.807, 2.05) is 0 Å². The van der Waals surface area contributed by atoms with Crippen molar-refractivity contribution in [2.24, 2.45) is 11.8 Å². The Morgan fingerprint density at radius 2 is 0.600 bits per heavy atom. The number of hydrogen-bond donors (Lipinski definition) is 0. The van der Waals surface area contributed by atoms with Crippen LogP contribution in [0.15, 0.2) is 0 Å². The largest absolute Gasteiger partial charge is 0.462 e. The van der Waals surface area contributed by atoms with Crippen LogP contribution in [0.2, 0.25) is 0 Å². The molecule has 0 spiro atoms. The van der Waals surface area contributed by atoms with Crippen molar-refractivity contribution in [1.29, 1.82) is 0 Å². The molecule has 326 valence electrons. The van der Waals surface area contributed by atoms with Crippen molar-refractivity contribution >= 4 is 17.9 Å². The lowest BCUT2D eigenvalue weighted by Gasteiger charge is -2.18. The van der Waals surface area contributed by atoms with E-state index < -0.39 is 6.10 Å². The Hall–Kier alpha value is -1.59. The average molecular weight is 779 g/mol. The van der Waals surface area contributed by atoms with Crippen molar-refractivity contribution in [3.63, 3.8) is 0 Å². The van der Waals surface area contributed by atoms with Crippen LogP contribution < -0.4 is 0 Å². The third-order valence-electron chi connectivity index (χ3n) is 11.0. The summed E-state index contributed by atoms with van der Waals surface area (Å²) in [7, 11) is 0. The number of carbonyl (C=O) groups is 3. The third kappa shape index (κ3) is 43.4. The lowest BCUT2D eigenvalue weighted by molar-refractivity contribution is -0.167. The standard InChI is InChI=1S/C49H94O6/c1-6-7-8-9-10-11-15-20-25-31-36-41-49(52)55-46(43-54-48(51)40-35-30-26-21-23-28-33-38-45(4)5)42-53-47(50)39-34-29-24-19-17-14-12-13-16-18-22-27-32-37-44(2)3/h44-46H,6-43H2,1-5H3/t46-/m1/s1. The molecule has 55 heavy (non-hydrogen) atoms. The van der Waals surface area contributed by atoms with E-state index in [2.05, 4.69) is 34.6 Å². The highest BCUT2D eigenvalue weighted by atomic mass is 16.6. The van der Waals surface area contributed by atoms with Gasteiger partial charge in [0.2, 0.25) is 0 Å². The lowest BCUT2D eigenvalue weighted by atomic mass is 10.0. The molecule has 0 saturated carbocycles. The summed E-state index contributed by atoms with van der Waals surface area (Å²) in [5.41, 5.74) is 0. The normalized spacial score (nSPS) is 12.1. The van der Waals surface area contributed by atoms with Crippen molar-refractivity contribution < 1.29 is 28.6 Å². The first-order valence-electron chi connectivity index (χ1n) is 24.2. The van der Waals surface area contributed by atoms with E-state index in [-0.39, 0.29) is 31.1 Å². The first kappa shape index (κ1) is 53.4. The van der Waals surface area contributed by atoms with E-state index in [0.29, 0.717) is 19.3 Å². The summed E-state index contributed by atoms with van der Waals surface area (Å²) in [6.07, 6.45) is 40.9. The van der Waals surface area contributed by atoms with Gasteiger partial charge >= 0.3 is 17.9 Å². The lowest BCUT2D eigenvalue weighted by Crippen LogP contribution is -2.30. The maximum Gasteiger partial charge on any atom is 0.306 e. The van der Waals surface area contributed by atoms with Gasteiger partial charge in [0, 0.05) is 19.3 Å². The highest BCUT2D eigenvalue weighted by Gasteiger charge is 2.19. The van der Waals surface area contributed by atoms with Crippen LogP contribution in [-0.2, 0) is 28.6 Å². The van der Waals surface area contributed by atoms with Gasteiger partial charge in [0.25, 0.3) is 0 Å². The summed E-state index contributed by atoms with van der Waals surface area (Å²) in [6.45, 7) is 11.3. The second-order valence-electron chi connectivity index (χ2n) is 17.7. The fourth-order valence-corrected chi connectivity index (χ4v) is 7.28. The molecule has 0 radical (unpaired) electrons. The Kier molecular flexibility index (Phi) is 40.8. The molecule has 6 nitrogen and oxygen atoms in total. The molecule has 0 aromatic rings. The summed E-state index contributed by atoms with van der Waals surface area (Å²) in [6, 6.07) is 0. The van der Waals surface area contributed by atoms with Crippen LogP contribution in [-0.4, -0.2) is 37.2 Å². The van der Waals surface area contributed by atoms with Crippen molar-refractivity contribution in [1.82, 2.24) is 0 Å². The minimum Gasteiger partial charge on any atom is -0.462 e. The molecule has 0 saturated heterocycles. The molecule has 1 atom stereocenters. The van der Waals surface area contributed by atoms with Crippen molar-refractivity contribution in [3.8, 4) is 0 Å². The first-order chi connectivity index (χ1) is 26.7. The maximum atomic E-state index is 12.7. The highest BCUT2D eigenvalue weighted by Crippen LogP contribution is 2.17. The van der Waals surface area contributed by atoms with Crippen LogP contribution in [0.4, 0.5) is 0 Å². The molecule has 0 N–H and O–H groups in total. The minimum absolute atomic E-state index is 0.0646. The fraction of sp³-hybridized carbons (Fsp3) is 0.939. The van der Waals surface area contributed by atoms with Gasteiger partial charge in [0.1, 0.15) is 13.2 Å². The van der Waals surface area contributed by atoms with Crippen LogP contribution in [0.5, 0.6) is 0 Å². The second-order valence-corrected chi connectivity index (χ2v) is 17.7. The molecule has 0 aromatic carbocycles. The van der Waals surface area contributed by atoms with Gasteiger partial charge in [-0.05, 0) is 31.1 Å². The predicted molar refractivity (Wildman–Crippen MR) is 233 cm³/mol. The van der Waals surface area contributed by atoms with Gasteiger partial charge in [0.05, 0.1) is 0 Å². The molecule has 0 bridgehead atoms. The van der Waals surface area contributed by atoms with E-state index in [4.69, 9.17) is 14.2 Å². The Bertz CT molecular complexity index is 839. The van der Waals surface area contributed by atoms with Crippen LogP contribution >= 0.6 is 0 Å². The molecule has 0 amide bonds. The molecule has 0 aliphatic heterocycles. The SMILES string of the molecule is CCCCCCCCCCCCCC(=O)O[C@H](COC(=O)CCCCCCCCCCCCCCCC(C)C)COC(=O)CCCCCCCCCC(C)C. The monoisotopic (exact) mass is 779 g/mol. The zero-order valence-corrected chi connectivity index (χ0v) is 37.6. The molecular formula is C49H94O6. The molecular weight excluding hydrogens is 685 g/mol. The van der Waals surface area contributed by atoms with E-state index in [1.54, 1.807) is 0 Å². The van der Waals surface area contributed by atoms with E-state index in [0.717, 1.165) is 69.6 Å². The molecule has 0 fully saturated rings. The second kappa shape index (κ2) is 42.0. The summed E-state index contributed by atoms with van der Waals surface area (Å²) in [5, 5.41) is 0. The average Bonchev–Trinajstić information content (AvgIpc) is 3.15. The zero-order chi connectivity index (χ0) is 40.5. The van der Waals surface area contributed by atoms with Crippen LogP contribution in [0.1, 0.15) is 266 Å². The fourth-order valence-electron chi connectivity index (χ4n) is 7.28. The molecule has 0 aliphatic carbocycles. The zero-order valence-electron chi connectivity index (χ0n) is 37.6. The molecule has 0 heterocycles. The molecule has 0 rings (SSSR count). The van der Waals surface area contributed by atoms with Crippen molar-refractivity contribution in [2.45, 2.75) is 272 Å². The molecule has 0 aliphatic rings. The van der Waals surface area contributed by atoms with Gasteiger partial charge in [-0.2, -0.15) is 0 Å². The number of carbonyl (C=O) groups excluding carboxylic acids is 3. The Labute approximate surface area is 342 Å². The van der Waals surface area contributed by atoms with Crippen molar-refractivity contribution in [2.75, 3.05) is 13.2 Å². The highest BCUT2D eigenvalue weighted by molar-refractivity contribution is 5.71. The topological polar surface area (TPSA) is 78.9 Å². The number of rotatable bonds is 43. The number of ether oxygens (including phenoxy) is 3. The number of hydrogen-bond acceptors (Lipinski definition) is 6.